The van der Waals surface area contributed by atoms with Crippen LogP contribution in [0.5, 0.6) is 0 Å². The van der Waals surface area contributed by atoms with Crippen LogP contribution in [0.4, 0.5) is 0 Å². The van der Waals surface area contributed by atoms with E-state index in [1.54, 1.807) is 6.26 Å². The van der Waals surface area contributed by atoms with Gasteiger partial charge in [0.2, 0.25) is 0 Å². The van der Waals surface area contributed by atoms with Crippen LogP contribution in [0.15, 0.2) is 16.7 Å². The maximum absolute atomic E-state index is 5.44. The topological polar surface area (TPSA) is 51.2 Å². The number of hydrogen-bond acceptors (Lipinski definition) is 3. The van der Waals surface area contributed by atoms with Crippen molar-refractivity contribution in [2.45, 2.75) is 32.9 Å². The van der Waals surface area contributed by atoms with Gasteiger partial charge in [0, 0.05) is 6.04 Å². The van der Waals surface area contributed by atoms with Crippen LogP contribution < -0.4 is 11.1 Å². The molecule has 0 fully saturated rings. The Kier molecular flexibility index (Phi) is 3.99. The second-order valence-electron chi connectivity index (χ2n) is 3.39. The lowest BCUT2D eigenvalue weighted by Crippen LogP contribution is -2.27. The van der Waals surface area contributed by atoms with Crippen molar-refractivity contribution in [3.8, 4) is 0 Å². The van der Waals surface area contributed by atoms with Gasteiger partial charge in [-0.2, -0.15) is 0 Å². The Labute approximate surface area is 79.3 Å². The van der Waals surface area contributed by atoms with Crippen LogP contribution in [0, 0.1) is 6.92 Å². The summed E-state index contributed by atoms with van der Waals surface area (Å²) in [5.74, 6) is 1.02. The van der Waals surface area contributed by atoms with E-state index in [9.17, 15) is 0 Å². The highest BCUT2D eigenvalue weighted by molar-refractivity contribution is 5.14. The number of nitrogens with one attached hydrogen (secondary N) is 1. The fraction of sp³-hybridized carbons (Fsp3) is 0.600. The van der Waals surface area contributed by atoms with Gasteiger partial charge in [0.1, 0.15) is 5.76 Å². The number of aryl methyl sites for hydroxylation is 1. The van der Waals surface area contributed by atoms with Gasteiger partial charge in [0.05, 0.1) is 12.8 Å². The summed E-state index contributed by atoms with van der Waals surface area (Å²) in [6.45, 7) is 5.70. The van der Waals surface area contributed by atoms with Crippen LogP contribution in [-0.2, 0) is 6.54 Å². The van der Waals surface area contributed by atoms with Crippen molar-refractivity contribution in [3.05, 3.63) is 23.7 Å². The zero-order valence-corrected chi connectivity index (χ0v) is 8.34. The maximum atomic E-state index is 5.44. The third-order valence-electron chi connectivity index (χ3n) is 2.18. The summed E-state index contributed by atoms with van der Waals surface area (Å²) in [5, 5.41) is 3.35. The first kappa shape index (κ1) is 10.3. The van der Waals surface area contributed by atoms with Crippen molar-refractivity contribution in [2.24, 2.45) is 5.73 Å². The first-order chi connectivity index (χ1) is 6.24. The van der Waals surface area contributed by atoms with Gasteiger partial charge >= 0.3 is 0 Å². The lowest BCUT2D eigenvalue weighted by Gasteiger charge is -2.11. The molecule has 1 aromatic heterocycles. The standard InChI is InChI=1S/C10H18N2O/c1-8-4-6-13-10(8)7-12-9(2)3-5-11/h4,6,9,12H,3,5,7,11H2,1-2H3. The summed E-state index contributed by atoms with van der Waals surface area (Å²) < 4.78 is 5.30. The number of furan rings is 1. The van der Waals surface area contributed by atoms with E-state index in [-0.39, 0.29) is 0 Å². The van der Waals surface area contributed by atoms with Crippen LogP contribution >= 0.6 is 0 Å². The number of rotatable bonds is 5. The van der Waals surface area contributed by atoms with Crippen molar-refractivity contribution < 1.29 is 4.42 Å². The minimum Gasteiger partial charge on any atom is -0.468 e. The van der Waals surface area contributed by atoms with Crippen LogP contribution in [0.1, 0.15) is 24.7 Å². The Hall–Kier alpha value is -0.800. The molecule has 1 aromatic rings. The Morgan fingerprint density at radius 2 is 2.38 bits per heavy atom. The van der Waals surface area contributed by atoms with E-state index in [0.29, 0.717) is 6.04 Å². The maximum Gasteiger partial charge on any atom is 0.120 e. The quantitative estimate of drug-likeness (QED) is 0.724. The van der Waals surface area contributed by atoms with Gasteiger partial charge in [-0.1, -0.05) is 0 Å². The number of hydrogen-bond donors (Lipinski definition) is 2. The van der Waals surface area contributed by atoms with Crippen molar-refractivity contribution >= 4 is 0 Å². The Morgan fingerprint density at radius 3 is 2.92 bits per heavy atom. The van der Waals surface area contributed by atoms with Crippen molar-refractivity contribution in [1.29, 1.82) is 0 Å². The molecule has 0 saturated carbocycles. The van der Waals surface area contributed by atoms with E-state index in [1.807, 2.05) is 13.0 Å². The van der Waals surface area contributed by atoms with Crippen LogP contribution in [-0.4, -0.2) is 12.6 Å². The van der Waals surface area contributed by atoms with Gasteiger partial charge in [-0.25, -0.2) is 0 Å². The molecule has 0 aliphatic heterocycles. The van der Waals surface area contributed by atoms with E-state index in [2.05, 4.69) is 12.2 Å². The molecule has 1 heterocycles. The molecule has 1 unspecified atom stereocenters. The molecule has 0 radical (unpaired) electrons. The predicted octanol–water partition coefficient (Wildman–Crippen LogP) is 1.41. The van der Waals surface area contributed by atoms with E-state index < -0.39 is 0 Å². The molecule has 13 heavy (non-hydrogen) atoms. The first-order valence-corrected chi connectivity index (χ1v) is 4.70. The normalized spacial score (nSPS) is 13.2. The fourth-order valence-corrected chi connectivity index (χ4v) is 1.20. The molecule has 74 valence electrons. The van der Waals surface area contributed by atoms with Crippen LogP contribution in [0.3, 0.4) is 0 Å². The third kappa shape index (κ3) is 3.20. The zero-order valence-electron chi connectivity index (χ0n) is 8.34. The Morgan fingerprint density at radius 1 is 1.62 bits per heavy atom. The largest absolute Gasteiger partial charge is 0.468 e. The summed E-state index contributed by atoms with van der Waals surface area (Å²) in [6, 6.07) is 2.43. The number of nitrogens with two attached hydrogens (primary N) is 1. The molecule has 1 atom stereocenters. The summed E-state index contributed by atoms with van der Waals surface area (Å²) >= 11 is 0. The molecule has 3 nitrogen and oxygen atoms in total. The van der Waals surface area contributed by atoms with E-state index >= 15 is 0 Å². The molecule has 0 saturated heterocycles. The predicted molar refractivity (Wildman–Crippen MR) is 53.4 cm³/mol. The summed E-state index contributed by atoms with van der Waals surface area (Å²) in [4.78, 5) is 0. The summed E-state index contributed by atoms with van der Waals surface area (Å²) in [7, 11) is 0. The lowest BCUT2D eigenvalue weighted by atomic mass is 10.2. The molecule has 0 aromatic carbocycles. The van der Waals surface area contributed by atoms with Crippen molar-refractivity contribution in [3.63, 3.8) is 0 Å². The molecule has 0 amide bonds. The molecule has 0 aliphatic rings. The van der Waals surface area contributed by atoms with Crippen molar-refractivity contribution in [1.82, 2.24) is 5.32 Å². The molecular weight excluding hydrogens is 164 g/mol. The van der Waals surface area contributed by atoms with E-state index in [0.717, 1.165) is 25.3 Å². The average molecular weight is 182 g/mol. The lowest BCUT2D eigenvalue weighted by molar-refractivity contribution is 0.443. The fourth-order valence-electron chi connectivity index (χ4n) is 1.20. The highest BCUT2D eigenvalue weighted by Crippen LogP contribution is 2.08. The Bertz CT molecular complexity index is 245. The van der Waals surface area contributed by atoms with Gasteiger partial charge in [0.25, 0.3) is 0 Å². The average Bonchev–Trinajstić information content (AvgIpc) is 2.48. The van der Waals surface area contributed by atoms with Gasteiger partial charge in [-0.3, -0.25) is 0 Å². The molecular formula is C10H18N2O. The van der Waals surface area contributed by atoms with Crippen LogP contribution in [0.25, 0.3) is 0 Å². The van der Waals surface area contributed by atoms with Gasteiger partial charge in [-0.15, -0.1) is 0 Å². The highest BCUT2D eigenvalue weighted by Gasteiger charge is 2.03. The molecule has 0 bridgehead atoms. The highest BCUT2D eigenvalue weighted by atomic mass is 16.3. The van der Waals surface area contributed by atoms with E-state index in [1.165, 1.54) is 5.56 Å². The summed E-state index contributed by atoms with van der Waals surface area (Å²) in [5.41, 5.74) is 6.65. The molecule has 0 aliphatic carbocycles. The monoisotopic (exact) mass is 182 g/mol. The van der Waals surface area contributed by atoms with Gasteiger partial charge < -0.3 is 15.5 Å². The second-order valence-corrected chi connectivity index (χ2v) is 3.39. The zero-order chi connectivity index (χ0) is 9.68. The Balaban J connectivity index is 2.30. The van der Waals surface area contributed by atoms with Crippen molar-refractivity contribution in [2.75, 3.05) is 6.54 Å². The van der Waals surface area contributed by atoms with E-state index in [4.69, 9.17) is 10.2 Å². The SMILES string of the molecule is Cc1ccoc1CNC(C)CCN. The minimum absolute atomic E-state index is 0.453. The molecule has 3 N–H and O–H groups in total. The summed E-state index contributed by atoms with van der Waals surface area (Å²) in [6.07, 6.45) is 2.72. The minimum atomic E-state index is 0.453. The van der Waals surface area contributed by atoms with Gasteiger partial charge in [0.15, 0.2) is 0 Å². The van der Waals surface area contributed by atoms with Crippen LogP contribution in [0.2, 0.25) is 0 Å². The third-order valence-corrected chi connectivity index (χ3v) is 2.18. The molecule has 3 heteroatoms. The smallest absolute Gasteiger partial charge is 0.120 e. The molecule has 0 spiro atoms. The second kappa shape index (κ2) is 5.04. The molecule has 1 rings (SSSR count). The first-order valence-electron chi connectivity index (χ1n) is 4.70. The van der Waals surface area contributed by atoms with Gasteiger partial charge in [-0.05, 0) is 38.4 Å².